The summed E-state index contributed by atoms with van der Waals surface area (Å²) in [6.07, 6.45) is 0. The number of hydrogen-bond donors (Lipinski definition) is 1. The van der Waals surface area contributed by atoms with Crippen LogP contribution in [0.1, 0.15) is 16.7 Å². The van der Waals surface area contributed by atoms with Crippen LogP contribution in [0.25, 0.3) is 0 Å². The van der Waals surface area contributed by atoms with Gasteiger partial charge in [0.1, 0.15) is 5.75 Å². The van der Waals surface area contributed by atoms with E-state index in [1.165, 1.54) is 0 Å². The van der Waals surface area contributed by atoms with Crippen molar-refractivity contribution in [3.63, 3.8) is 0 Å². The van der Waals surface area contributed by atoms with Gasteiger partial charge in [-0.2, -0.15) is 0 Å². The molecule has 0 fully saturated rings. The third-order valence-electron chi connectivity index (χ3n) is 3.04. The molecule has 1 N–H and O–H groups in total. The quantitative estimate of drug-likeness (QED) is 0.922. The minimum absolute atomic E-state index is 0.0157. The van der Waals surface area contributed by atoms with Crippen molar-refractivity contribution < 1.29 is 9.00 Å². The van der Waals surface area contributed by atoms with E-state index in [4.69, 9.17) is 0 Å². The van der Waals surface area contributed by atoms with Crippen molar-refractivity contribution in [3.05, 3.63) is 65.2 Å². The lowest BCUT2D eigenvalue weighted by molar-refractivity contribution is -0.113. The highest BCUT2D eigenvalue weighted by Gasteiger charge is 2.09. The molecule has 0 bridgehead atoms. The van der Waals surface area contributed by atoms with Crippen LogP contribution in [0, 0.1) is 13.8 Å². The zero-order valence-corrected chi connectivity index (χ0v) is 13.1. The minimum Gasteiger partial charge on any atom is -0.325 e. The van der Waals surface area contributed by atoms with Gasteiger partial charge in [0.05, 0.1) is 0 Å². The predicted molar refractivity (Wildman–Crippen MR) is 87.7 cm³/mol. The summed E-state index contributed by atoms with van der Waals surface area (Å²) in [5.41, 5.74) is 4.00. The number of carbonyl (C=O) groups is 1. The zero-order valence-electron chi connectivity index (χ0n) is 12.3. The van der Waals surface area contributed by atoms with Gasteiger partial charge in [-0.1, -0.05) is 47.5 Å². The number of aryl methyl sites for hydroxylation is 2. The molecule has 2 aromatic carbocycles. The summed E-state index contributed by atoms with van der Waals surface area (Å²) in [6, 6.07) is 15.4. The lowest BCUT2D eigenvalue weighted by Crippen LogP contribution is -2.20. The first-order chi connectivity index (χ1) is 10.0. The molecular weight excluding hydrogens is 282 g/mol. The van der Waals surface area contributed by atoms with Crippen LogP contribution in [0.15, 0.2) is 48.5 Å². The van der Waals surface area contributed by atoms with Crippen LogP contribution in [0.4, 0.5) is 5.69 Å². The van der Waals surface area contributed by atoms with Gasteiger partial charge in [-0.15, -0.1) is 0 Å². The molecule has 1 amide bonds. The number of carbonyl (C=O) groups excluding carboxylic acids is 1. The monoisotopic (exact) mass is 301 g/mol. The van der Waals surface area contributed by atoms with Crippen LogP contribution in [0.5, 0.6) is 0 Å². The van der Waals surface area contributed by atoms with Crippen molar-refractivity contribution in [2.45, 2.75) is 19.6 Å². The SMILES string of the molecule is Cc1ccc(NC(=O)C[S@@](=O)Cc2cccc(C)c2)cc1. The third kappa shape index (κ3) is 5.16. The molecule has 21 heavy (non-hydrogen) atoms. The third-order valence-corrected chi connectivity index (χ3v) is 4.28. The maximum atomic E-state index is 12.0. The molecular formula is C17H19NO2S. The first kappa shape index (κ1) is 15.4. The summed E-state index contributed by atoms with van der Waals surface area (Å²) in [4.78, 5) is 11.9. The molecule has 0 aromatic heterocycles. The molecule has 0 saturated carbocycles. The fourth-order valence-corrected chi connectivity index (χ4v) is 3.04. The van der Waals surface area contributed by atoms with Gasteiger partial charge >= 0.3 is 0 Å². The highest BCUT2D eigenvalue weighted by molar-refractivity contribution is 7.84. The fraction of sp³-hybridized carbons (Fsp3) is 0.235. The molecule has 4 heteroatoms. The van der Waals surface area contributed by atoms with Gasteiger partial charge in [0.25, 0.3) is 0 Å². The first-order valence-electron chi connectivity index (χ1n) is 6.80. The lowest BCUT2D eigenvalue weighted by atomic mass is 10.2. The van der Waals surface area contributed by atoms with Gasteiger partial charge in [0.2, 0.25) is 5.91 Å². The minimum atomic E-state index is -1.20. The van der Waals surface area contributed by atoms with E-state index in [9.17, 15) is 9.00 Å². The van der Waals surface area contributed by atoms with Crippen molar-refractivity contribution in [1.82, 2.24) is 0 Å². The molecule has 0 heterocycles. The van der Waals surface area contributed by atoms with E-state index >= 15 is 0 Å². The van der Waals surface area contributed by atoms with Crippen molar-refractivity contribution >= 4 is 22.4 Å². The topological polar surface area (TPSA) is 46.2 Å². The molecule has 0 aliphatic rings. The predicted octanol–water partition coefficient (Wildman–Crippen LogP) is 3.19. The second-order valence-corrected chi connectivity index (χ2v) is 6.59. The molecule has 0 spiro atoms. The van der Waals surface area contributed by atoms with Crippen molar-refractivity contribution in [2.75, 3.05) is 11.1 Å². The summed E-state index contributed by atoms with van der Waals surface area (Å²) >= 11 is 0. The molecule has 2 aromatic rings. The Morgan fingerprint density at radius 3 is 2.43 bits per heavy atom. The summed E-state index contributed by atoms with van der Waals surface area (Å²) < 4.78 is 12.0. The normalized spacial score (nSPS) is 11.9. The molecule has 0 aliphatic carbocycles. The van der Waals surface area contributed by atoms with Gasteiger partial charge in [0, 0.05) is 22.2 Å². The van der Waals surface area contributed by atoms with Crippen LogP contribution in [-0.2, 0) is 21.3 Å². The average Bonchev–Trinajstić information content (AvgIpc) is 2.41. The lowest BCUT2D eigenvalue weighted by Gasteiger charge is -2.06. The van der Waals surface area contributed by atoms with Gasteiger partial charge in [-0.25, -0.2) is 0 Å². The Hall–Kier alpha value is -1.94. The number of anilines is 1. The molecule has 1 atom stereocenters. The van der Waals surface area contributed by atoms with Crippen molar-refractivity contribution in [1.29, 1.82) is 0 Å². The Kier molecular flexibility index (Phi) is 5.28. The average molecular weight is 301 g/mol. The van der Waals surface area contributed by atoms with E-state index in [1.54, 1.807) is 0 Å². The smallest absolute Gasteiger partial charge is 0.237 e. The van der Waals surface area contributed by atoms with E-state index in [1.807, 2.05) is 62.4 Å². The van der Waals surface area contributed by atoms with Crippen molar-refractivity contribution in [3.8, 4) is 0 Å². The Morgan fingerprint density at radius 1 is 1.05 bits per heavy atom. The zero-order chi connectivity index (χ0) is 15.2. The number of amides is 1. The Balaban J connectivity index is 1.87. The Labute approximate surface area is 127 Å². The largest absolute Gasteiger partial charge is 0.325 e. The van der Waals surface area contributed by atoms with E-state index in [-0.39, 0.29) is 11.7 Å². The van der Waals surface area contributed by atoms with E-state index in [0.717, 1.165) is 22.4 Å². The highest BCUT2D eigenvalue weighted by atomic mass is 32.2. The summed E-state index contributed by atoms with van der Waals surface area (Å²) in [5.74, 6) is 0.204. The van der Waals surface area contributed by atoms with Crippen LogP contribution < -0.4 is 5.32 Å². The standard InChI is InChI=1S/C17H19NO2S/c1-13-6-8-16(9-7-13)18-17(19)12-21(20)11-15-5-3-4-14(2)10-15/h3-10H,11-12H2,1-2H3,(H,18,19)/t21-/m0/s1. The van der Waals surface area contributed by atoms with Gasteiger partial charge < -0.3 is 5.32 Å². The van der Waals surface area contributed by atoms with E-state index < -0.39 is 10.8 Å². The second kappa shape index (κ2) is 7.18. The van der Waals surface area contributed by atoms with Crippen LogP contribution in [0.3, 0.4) is 0 Å². The van der Waals surface area contributed by atoms with Crippen LogP contribution >= 0.6 is 0 Å². The fourth-order valence-electron chi connectivity index (χ4n) is 2.02. The van der Waals surface area contributed by atoms with E-state index in [0.29, 0.717) is 5.75 Å². The van der Waals surface area contributed by atoms with Gasteiger partial charge in [-0.3, -0.25) is 9.00 Å². The molecule has 0 aliphatic heterocycles. The molecule has 0 saturated heterocycles. The molecule has 3 nitrogen and oxygen atoms in total. The number of rotatable bonds is 5. The molecule has 0 radical (unpaired) electrons. The first-order valence-corrected chi connectivity index (χ1v) is 8.29. The molecule has 2 rings (SSSR count). The van der Waals surface area contributed by atoms with Gasteiger partial charge in [-0.05, 0) is 31.5 Å². The van der Waals surface area contributed by atoms with Crippen LogP contribution in [-0.4, -0.2) is 15.9 Å². The van der Waals surface area contributed by atoms with E-state index in [2.05, 4.69) is 5.32 Å². The molecule has 0 unspecified atom stereocenters. The number of benzene rings is 2. The van der Waals surface area contributed by atoms with Gasteiger partial charge in [0.15, 0.2) is 0 Å². The van der Waals surface area contributed by atoms with Crippen LogP contribution in [0.2, 0.25) is 0 Å². The summed E-state index contributed by atoms with van der Waals surface area (Å²) in [5, 5.41) is 2.77. The Bertz CT molecular complexity index is 650. The highest BCUT2D eigenvalue weighted by Crippen LogP contribution is 2.10. The summed E-state index contributed by atoms with van der Waals surface area (Å²) in [6.45, 7) is 3.99. The molecule has 110 valence electrons. The summed E-state index contributed by atoms with van der Waals surface area (Å²) in [7, 11) is -1.20. The maximum absolute atomic E-state index is 12.0. The second-order valence-electron chi connectivity index (χ2n) is 5.13. The maximum Gasteiger partial charge on any atom is 0.237 e. The van der Waals surface area contributed by atoms with Crippen molar-refractivity contribution in [2.24, 2.45) is 0 Å². The number of nitrogens with one attached hydrogen (secondary N) is 1. The Morgan fingerprint density at radius 2 is 1.76 bits per heavy atom. The number of hydrogen-bond acceptors (Lipinski definition) is 2.